The fourth-order valence-electron chi connectivity index (χ4n) is 11.3. The van der Waals surface area contributed by atoms with Crippen molar-refractivity contribution in [3.05, 3.63) is 53.1 Å². The molecule has 4 N–H and O–H groups in total. The second-order valence-electron chi connectivity index (χ2n) is 22.3. The number of aromatic nitrogens is 4. The highest BCUT2D eigenvalue weighted by atomic mass is 16.6. The Morgan fingerprint density at radius 1 is 0.548 bits per heavy atom. The van der Waals surface area contributed by atoms with Crippen molar-refractivity contribution in [1.29, 1.82) is 0 Å². The molecule has 1 saturated heterocycles. The first-order valence-corrected chi connectivity index (χ1v) is 31.6. The number of ether oxygens (including phenoxy) is 1. The number of nitrogen functional groups attached to an aromatic ring is 1. The van der Waals surface area contributed by atoms with Gasteiger partial charge in [0.25, 0.3) is 5.56 Å². The number of hydrogen-bond acceptors (Lipinski definition) is 7. The molecule has 0 aromatic carbocycles. The summed E-state index contributed by atoms with van der Waals surface area (Å²) in [7, 11) is 0. The molecule has 0 saturated carbocycles. The van der Waals surface area contributed by atoms with E-state index in [9.17, 15) is 15.0 Å². The smallest absolute Gasteiger partial charge is 0.283 e. The topological polar surface area (TPSA) is 128 Å². The molecule has 1 fully saturated rings. The van der Waals surface area contributed by atoms with E-state index in [1.807, 2.05) is 4.57 Å². The number of aliphatic hydroxyl groups is 2. The van der Waals surface area contributed by atoms with Crippen molar-refractivity contribution in [3.8, 4) is 0 Å². The number of fused-ring (bicyclic) bond motifs is 1. The molecule has 9 nitrogen and oxygen atoms in total. The van der Waals surface area contributed by atoms with Gasteiger partial charge >= 0.3 is 0 Å². The zero-order valence-corrected chi connectivity index (χ0v) is 47.9. The molecule has 9 heteroatoms. The third kappa shape index (κ3) is 26.7. The van der Waals surface area contributed by atoms with Crippen LogP contribution in [0.3, 0.4) is 0 Å². The molecule has 0 radical (unpaired) electrons. The maximum atomic E-state index is 14.1. The minimum atomic E-state index is -0.994. The first-order valence-electron chi connectivity index (χ1n) is 31.6. The lowest BCUT2D eigenvalue weighted by Gasteiger charge is -2.37. The maximum Gasteiger partial charge on any atom is 0.283 e. The molecule has 4 atom stereocenters. The first kappa shape index (κ1) is 64.5. The van der Waals surface area contributed by atoms with Crippen LogP contribution in [0.25, 0.3) is 11.2 Å². The van der Waals surface area contributed by atoms with Gasteiger partial charge in [-0.25, -0.2) is 4.98 Å². The van der Waals surface area contributed by atoms with Crippen LogP contribution in [0, 0.1) is 5.92 Å². The zero-order valence-electron chi connectivity index (χ0n) is 47.9. The summed E-state index contributed by atoms with van der Waals surface area (Å²) in [6.45, 7) is 7.07. The summed E-state index contributed by atoms with van der Waals surface area (Å²) in [6.07, 6.45) is 67.7. The van der Waals surface area contributed by atoms with Gasteiger partial charge < -0.3 is 20.7 Å². The quantitative estimate of drug-likeness (QED) is 0.0445. The van der Waals surface area contributed by atoms with Crippen LogP contribution < -0.4 is 11.3 Å². The van der Waals surface area contributed by atoms with Crippen molar-refractivity contribution in [3.63, 3.8) is 0 Å². The number of unbranched alkanes of at least 4 members (excludes halogenated alkanes) is 36. The summed E-state index contributed by atoms with van der Waals surface area (Å²) < 4.78 is 10.4. The van der Waals surface area contributed by atoms with E-state index in [-0.39, 0.29) is 24.0 Å². The van der Waals surface area contributed by atoms with E-state index in [2.05, 4.69) is 57.2 Å². The number of nitrogens with two attached hydrogens (primary N) is 1. The van der Waals surface area contributed by atoms with Gasteiger partial charge in [0, 0.05) is 12.5 Å². The van der Waals surface area contributed by atoms with Crippen molar-refractivity contribution < 1.29 is 14.9 Å². The Bertz CT molecular complexity index is 1750. The highest BCUT2D eigenvalue weighted by Crippen LogP contribution is 2.48. The lowest BCUT2D eigenvalue weighted by atomic mass is 9.83. The van der Waals surface area contributed by atoms with Crippen LogP contribution in [-0.4, -0.2) is 48.1 Å². The molecule has 0 amide bonds. The average Bonchev–Trinajstić information content (AvgIpc) is 3.94. The Balaban J connectivity index is 1.56. The van der Waals surface area contributed by atoms with Crippen LogP contribution in [0.5, 0.6) is 0 Å². The average molecular weight is 1020 g/mol. The second kappa shape index (κ2) is 43.4. The molecule has 1 unspecified atom stereocenters. The molecule has 2 aromatic rings. The second-order valence-corrected chi connectivity index (χ2v) is 22.3. The predicted octanol–water partition coefficient (Wildman–Crippen LogP) is 18.1. The summed E-state index contributed by atoms with van der Waals surface area (Å²) in [4.78, 5) is 23.7. The van der Waals surface area contributed by atoms with Crippen LogP contribution >= 0.6 is 0 Å². The minimum absolute atomic E-state index is 0.196. The summed E-state index contributed by atoms with van der Waals surface area (Å²) in [5.74, 6) is -0.0879. The van der Waals surface area contributed by atoms with Crippen LogP contribution in [0.4, 0.5) is 5.95 Å². The van der Waals surface area contributed by atoms with Gasteiger partial charge in [-0.05, 0) is 103 Å². The number of rotatable bonds is 50. The Kier molecular flexibility index (Phi) is 38.3. The Labute approximate surface area is 448 Å². The molecule has 420 valence electrons. The molecule has 3 heterocycles. The number of allylic oxidation sites excluding steroid dienone is 6. The number of aliphatic hydroxyl groups excluding tert-OH is 2. The number of anilines is 1. The van der Waals surface area contributed by atoms with Gasteiger partial charge in [-0.2, -0.15) is 4.98 Å². The Morgan fingerprint density at radius 2 is 0.918 bits per heavy atom. The summed E-state index contributed by atoms with van der Waals surface area (Å²) in [5.41, 5.74) is 6.15. The Hall–Kier alpha value is -2.75. The zero-order chi connectivity index (χ0) is 52.3. The van der Waals surface area contributed by atoms with E-state index >= 15 is 0 Å². The third-order valence-corrected chi connectivity index (χ3v) is 16.0. The van der Waals surface area contributed by atoms with Gasteiger partial charge in [0.05, 0.1) is 19.0 Å². The predicted molar refractivity (Wildman–Crippen MR) is 313 cm³/mol. The largest absolute Gasteiger partial charge is 0.394 e. The van der Waals surface area contributed by atoms with Gasteiger partial charge in [-0.1, -0.05) is 237 Å². The van der Waals surface area contributed by atoms with Crippen molar-refractivity contribution in [2.75, 3.05) is 12.3 Å². The minimum Gasteiger partial charge on any atom is -0.394 e. The molecule has 0 spiro atoms. The van der Waals surface area contributed by atoms with E-state index in [1.54, 1.807) is 10.9 Å². The van der Waals surface area contributed by atoms with E-state index < -0.39 is 17.9 Å². The van der Waals surface area contributed by atoms with Gasteiger partial charge in [0.1, 0.15) is 6.10 Å². The van der Waals surface area contributed by atoms with E-state index in [1.165, 1.54) is 212 Å². The van der Waals surface area contributed by atoms with Crippen LogP contribution in [0.2, 0.25) is 0 Å². The van der Waals surface area contributed by atoms with Crippen molar-refractivity contribution >= 4 is 17.1 Å². The number of nitrogens with zero attached hydrogens (tertiary/aromatic N) is 4. The molecule has 1 aliphatic heterocycles. The van der Waals surface area contributed by atoms with Crippen molar-refractivity contribution in [1.82, 2.24) is 19.1 Å². The lowest BCUT2D eigenvalue weighted by Crippen LogP contribution is -2.42. The summed E-state index contributed by atoms with van der Waals surface area (Å²) in [6, 6.07) is 0. The van der Waals surface area contributed by atoms with Crippen molar-refractivity contribution in [2.24, 2.45) is 5.92 Å². The third-order valence-electron chi connectivity index (χ3n) is 16.0. The molecule has 0 aliphatic carbocycles. The van der Waals surface area contributed by atoms with E-state index in [0.29, 0.717) is 24.1 Å². The highest BCUT2D eigenvalue weighted by molar-refractivity contribution is 5.71. The standard InChI is InChI=1S/C64H115N5O4/c1-4-7-10-13-16-19-22-25-28-31-34-37-40-43-46-49-52-57-60(71)58(55-70)73-64(57,53-50-47-44-41-38-35-32-29-26-23-20-17-14-11-8-5-2)69-56-66-59-61(69)67-63(65)68(62(59)72)54-51-48-45-42-39-36-33-30-27-24-21-18-15-12-9-6-3/h25-30,56-58,60,70-71H,4-24,31-55H2,1-3H3,(H2,65,67)/b28-25-,29-26-,30-27-/t57?,58-,60+,64-/m1/s1. The lowest BCUT2D eigenvalue weighted by molar-refractivity contribution is -0.135. The molecule has 1 aliphatic rings. The normalized spacial score (nSPS) is 18.3. The van der Waals surface area contributed by atoms with Gasteiger partial charge in [-0.3, -0.25) is 13.9 Å². The van der Waals surface area contributed by atoms with Gasteiger partial charge in [0.15, 0.2) is 16.9 Å². The fraction of sp³-hybridized carbons (Fsp3) is 0.828. The summed E-state index contributed by atoms with van der Waals surface area (Å²) in [5, 5.41) is 22.5. The molecule has 2 aromatic heterocycles. The van der Waals surface area contributed by atoms with Crippen LogP contribution in [0.1, 0.15) is 303 Å². The monoisotopic (exact) mass is 1020 g/mol. The molecular formula is C64H115N5O4. The van der Waals surface area contributed by atoms with Gasteiger partial charge in [-0.15, -0.1) is 0 Å². The first-order chi connectivity index (χ1) is 35.9. The number of hydrogen-bond donors (Lipinski definition) is 3. The fourth-order valence-corrected chi connectivity index (χ4v) is 11.3. The molecule has 3 rings (SSSR count). The van der Waals surface area contributed by atoms with E-state index in [4.69, 9.17) is 20.4 Å². The summed E-state index contributed by atoms with van der Waals surface area (Å²) >= 11 is 0. The van der Waals surface area contributed by atoms with Crippen LogP contribution in [-0.2, 0) is 17.0 Å². The Morgan fingerprint density at radius 3 is 1.33 bits per heavy atom. The SMILES string of the molecule is CCCCCCCC/C=C\CCCCCCCCC1[C@H](O)[C@@H](CO)O[C@@]1(CCCCCCCC/C=C\CCCCCCCC)n1cnc2c(=O)n(CCCCCCCC/C=C\CCCCCCCC)c(N)nc21. The number of imidazole rings is 1. The van der Waals surface area contributed by atoms with Gasteiger partial charge in [0.2, 0.25) is 5.95 Å². The molecule has 0 bridgehead atoms. The molecular weight excluding hydrogens is 903 g/mol. The molecule has 73 heavy (non-hydrogen) atoms. The highest BCUT2D eigenvalue weighted by Gasteiger charge is 2.55. The van der Waals surface area contributed by atoms with Crippen LogP contribution in [0.15, 0.2) is 47.6 Å². The maximum absolute atomic E-state index is 14.1. The van der Waals surface area contributed by atoms with Crippen molar-refractivity contribution in [2.45, 2.75) is 328 Å². The van der Waals surface area contributed by atoms with E-state index in [0.717, 1.165) is 64.2 Å².